The van der Waals surface area contributed by atoms with Gasteiger partial charge < -0.3 is 9.47 Å². The van der Waals surface area contributed by atoms with Crippen molar-refractivity contribution >= 4 is 28.4 Å². The van der Waals surface area contributed by atoms with Crippen LogP contribution in [0.15, 0.2) is 0 Å². The van der Waals surface area contributed by atoms with Gasteiger partial charge in [-0.2, -0.15) is 11.8 Å². The molecular weight excluding hydrogens is 192 g/mol. The maximum absolute atomic E-state index is 5.48. The number of ether oxygens (including phenoxy) is 2. The summed E-state index contributed by atoms with van der Waals surface area (Å²) in [6, 6.07) is 0. The molecule has 0 atom stereocenters. The van der Waals surface area contributed by atoms with Crippen LogP contribution in [0.25, 0.3) is 0 Å². The number of rotatable bonds is 2. The van der Waals surface area contributed by atoms with Crippen LogP contribution in [0.2, 0.25) is 0 Å². The molecule has 1 aliphatic carbocycles. The van der Waals surface area contributed by atoms with E-state index in [0.717, 1.165) is 17.6 Å². The van der Waals surface area contributed by atoms with Crippen LogP contribution in [-0.4, -0.2) is 30.0 Å². The van der Waals surface area contributed by atoms with Crippen LogP contribution in [0.1, 0.15) is 12.8 Å². The minimum atomic E-state index is 0.342. The topological polar surface area (TPSA) is 18.5 Å². The Balaban J connectivity index is 1.77. The molecule has 0 spiro atoms. The maximum Gasteiger partial charge on any atom is 0.196 e. The van der Waals surface area contributed by atoms with Gasteiger partial charge in [-0.25, -0.2) is 0 Å². The molecule has 3 rings (SSSR count). The molecular formula is C8H14O2S2. The predicted octanol–water partition coefficient (Wildman–Crippen LogP) is 1.29. The lowest BCUT2D eigenvalue weighted by molar-refractivity contribution is 0.0809. The van der Waals surface area contributed by atoms with Gasteiger partial charge in [0.25, 0.3) is 0 Å². The molecule has 2 saturated heterocycles. The molecule has 2 aliphatic heterocycles. The van der Waals surface area contributed by atoms with Gasteiger partial charge in [0.05, 0.1) is 19.3 Å². The average Bonchev–Trinajstić information content (AvgIpc) is 2.57. The highest BCUT2D eigenvalue weighted by atomic mass is 32.2. The first-order valence-electron chi connectivity index (χ1n) is 4.20. The van der Waals surface area contributed by atoms with Crippen molar-refractivity contribution < 1.29 is 9.47 Å². The predicted molar refractivity (Wildman–Crippen MR) is 56.3 cm³/mol. The monoisotopic (exact) mass is 206 g/mol. The van der Waals surface area contributed by atoms with Gasteiger partial charge >= 0.3 is 0 Å². The summed E-state index contributed by atoms with van der Waals surface area (Å²) in [5.74, 6) is 0. The highest BCUT2D eigenvalue weighted by Gasteiger charge is 2.52. The molecule has 3 aliphatic rings. The van der Waals surface area contributed by atoms with E-state index in [-0.39, 0.29) is 0 Å². The molecule has 0 unspecified atom stereocenters. The molecule has 12 heavy (non-hydrogen) atoms. The third kappa shape index (κ3) is 1.47. The van der Waals surface area contributed by atoms with Gasteiger partial charge in [-0.05, 0) is 31.3 Å². The Morgan fingerprint density at radius 3 is 3.00 bits per heavy atom. The number of hydrogen-bond acceptors (Lipinski definition) is 3. The zero-order valence-electron chi connectivity index (χ0n) is 7.13. The first-order chi connectivity index (χ1) is 5.74. The molecule has 2 nitrogen and oxygen atoms in total. The normalized spacial score (nSPS) is 39.2. The van der Waals surface area contributed by atoms with Gasteiger partial charge in [0, 0.05) is 5.41 Å². The molecule has 3 fully saturated rings. The summed E-state index contributed by atoms with van der Waals surface area (Å²) >= 11 is 5.63. The van der Waals surface area contributed by atoms with Crippen molar-refractivity contribution in [1.82, 2.24) is 0 Å². The lowest BCUT2D eigenvalue weighted by atomic mass is 9.71. The molecule has 2 bridgehead atoms. The van der Waals surface area contributed by atoms with Crippen molar-refractivity contribution in [3.8, 4) is 0 Å². The van der Waals surface area contributed by atoms with Gasteiger partial charge in [0.15, 0.2) is 4.38 Å². The Kier molecular flexibility index (Phi) is 2.31. The highest BCUT2D eigenvalue weighted by molar-refractivity contribution is 8.22. The molecule has 0 radical (unpaired) electrons. The molecule has 4 heteroatoms. The van der Waals surface area contributed by atoms with E-state index < -0.39 is 0 Å². The van der Waals surface area contributed by atoms with Crippen LogP contribution >= 0.6 is 24.0 Å². The van der Waals surface area contributed by atoms with Crippen LogP contribution in [0.4, 0.5) is 0 Å². The Morgan fingerprint density at radius 1 is 1.75 bits per heavy atom. The average molecular weight is 206 g/mol. The van der Waals surface area contributed by atoms with Crippen molar-refractivity contribution in [2.24, 2.45) is 5.41 Å². The fourth-order valence-corrected chi connectivity index (χ4v) is 2.16. The molecule has 2 heterocycles. The number of hydrogen-bond donors (Lipinski definition) is 0. The van der Waals surface area contributed by atoms with Gasteiger partial charge in [-0.1, -0.05) is 0 Å². The zero-order chi connectivity index (χ0) is 8.60. The first kappa shape index (κ1) is 8.78. The minimum Gasteiger partial charge on any atom is -0.479 e. The highest BCUT2D eigenvalue weighted by Crippen LogP contribution is 2.50. The largest absolute Gasteiger partial charge is 0.479 e. The van der Waals surface area contributed by atoms with E-state index in [4.69, 9.17) is 21.7 Å². The van der Waals surface area contributed by atoms with Gasteiger partial charge in [0.2, 0.25) is 0 Å². The molecule has 1 saturated carbocycles. The van der Waals surface area contributed by atoms with Gasteiger partial charge in [0.1, 0.15) is 0 Å². The quantitative estimate of drug-likeness (QED) is 0.634. The van der Waals surface area contributed by atoms with Gasteiger partial charge in [-0.15, -0.1) is 0 Å². The summed E-state index contributed by atoms with van der Waals surface area (Å²) in [6.45, 7) is 1.66. The standard InChI is InChI=1S/C8H14O2S2/c1-12-7(11)10-5-8-2-6(3-8)9-4-8/h6H,2-5,12H2,1H3. The third-order valence-corrected chi connectivity index (χ3v) is 3.94. The van der Waals surface area contributed by atoms with Crippen molar-refractivity contribution in [3.63, 3.8) is 0 Å². The van der Waals surface area contributed by atoms with Crippen LogP contribution in [0.5, 0.6) is 0 Å². The van der Waals surface area contributed by atoms with E-state index in [9.17, 15) is 0 Å². The molecule has 70 valence electrons. The molecule has 0 amide bonds. The molecule has 0 aromatic rings. The van der Waals surface area contributed by atoms with Crippen molar-refractivity contribution in [2.75, 3.05) is 19.5 Å². The lowest BCUT2D eigenvalue weighted by Gasteiger charge is -2.34. The summed E-state index contributed by atoms with van der Waals surface area (Å²) in [5.41, 5.74) is 0.342. The second-order valence-electron chi connectivity index (χ2n) is 3.67. The second kappa shape index (κ2) is 3.16. The Morgan fingerprint density at radius 2 is 2.50 bits per heavy atom. The maximum atomic E-state index is 5.48. The second-order valence-corrected chi connectivity index (χ2v) is 5.35. The van der Waals surface area contributed by atoms with Crippen LogP contribution in [0.3, 0.4) is 0 Å². The molecule has 0 N–H and O–H groups in total. The fourth-order valence-electron chi connectivity index (χ4n) is 1.89. The first-order valence-corrected chi connectivity index (χ1v) is 6.11. The lowest BCUT2D eigenvalue weighted by Crippen LogP contribution is -2.37. The van der Waals surface area contributed by atoms with E-state index in [1.165, 1.54) is 12.8 Å². The summed E-state index contributed by atoms with van der Waals surface area (Å²) in [7, 11) is 0. The summed E-state index contributed by atoms with van der Waals surface area (Å²) in [6.07, 6.45) is 4.95. The Hall–Kier alpha value is 0.200. The summed E-state index contributed by atoms with van der Waals surface area (Å²) < 4.78 is 11.7. The Bertz CT molecular complexity index is 194. The van der Waals surface area contributed by atoms with E-state index in [2.05, 4.69) is 6.26 Å². The van der Waals surface area contributed by atoms with Crippen molar-refractivity contribution in [3.05, 3.63) is 0 Å². The van der Waals surface area contributed by atoms with E-state index in [1.54, 1.807) is 0 Å². The van der Waals surface area contributed by atoms with Crippen molar-refractivity contribution in [1.29, 1.82) is 0 Å². The zero-order valence-corrected chi connectivity index (χ0v) is 8.95. The minimum absolute atomic E-state index is 0.342. The Labute approximate surface area is 82.0 Å². The SMILES string of the molecule is C[SH2]C(=S)OCC12COC(C1)C2. The number of thiocarbonyl (C=S) groups is 1. The van der Waals surface area contributed by atoms with Crippen LogP contribution < -0.4 is 0 Å². The fraction of sp³-hybridized carbons (Fsp3) is 0.875. The smallest absolute Gasteiger partial charge is 0.196 e. The summed E-state index contributed by atoms with van der Waals surface area (Å²) in [4.78, 5) is 0. The van der Waals surface area contributed by atoms with Crippen LogP contribution in [0, 0.1) is 5.41 Å². The van der Waals surface area contributed by atoms with E-state index in [1.807, 2.05) is 0 Å². The molecule has 0 aromatic heterocycles. The summed E-state index contributed by atoms with van der Waals surface area (Å²) in [5, 5.41) is 0. The number of fused-ring (bicyclic) bond motifs is 1. The van der Waals surface area contributed by atoms with E-state index >= 15 is 0 Å². The van der Waals surface area contributed by atoms with E-state index in [0.29, 0.717) is 23.3 Å². The van der Waals surface area contributed by atoms with Crippen LogP contribution in [-0.2, 0) is 9.47 Å². The molecule has 0 aromatic carbocycles. The van der Waals surface area contributed by atoms with Crippen molar-refractivity contribution in [2.45, 2.75) is 18.9 Å². The third-order valence-electron chi connectivity index (χ3n) is 2.66. The van der Waals surface area contributed by atoms with Gasteiger partial charge in [-0.3, -0.25) is 0 Å².